The molecule has 29 heteroatoms. The quantitative estimate of drug-likeness (QED) is 0.0467. The van der Waals surface area contributed by atoms with E-state index in [-0.39, 0.29) is 37.0 Å². The molecule has 5 aliphatic carbocycles. The number of esters is 1. The minimum absolute atomic E-state index is 0.0284. The van der Waals surface area contributed by atoms with Crippen LogP contribution >= 0.6 is 0 Å². The minimum Gasteiger partial charge on any atom is -0.481 e. The number of allylic oxidation sites excluding steroid dienone is 2. The normalized spacial score (nSPS) is 55.1. The molecule has 5 heterocycles. The van der Waals surface area contributed by atoms with Crippen LogP contribution in [0.25, 0.3) is 0 Å². The van der Waals surface area contributed by atoms with Crippen LogP contribution in [0.4, 0.5) is 0 Å². The molecule has 498 valence electrons. The summed E-state index contributed by atoms with van der Waals surface area (Å²) >= 11 is 0. The number of rotatable bonds is 13. The fourth-order valence-electron chi connectivity index (χ4n) is 17.6. The number of carboxylic acids is 1. The van der Waals surface area contributed by atoms with E-state index in [4.69, 9.17) is 47.4 Å². The van der Waals surface area contributed by atoms with E-state index in [0.29, 0.717) is 25.7 Å². The van der Waals surface area contributed by atoms with E-state index < -0.39 is 237 Å². The third-order valence-corrected chi connectivity index (χ3v) is 22.8. The lowest BCUT2D eigenvalue weighted by Gasteiger charge is -2.71. The highest BCUT2D eigenvalue weighted by Gasteiger charge is 2.74. The minimum atomic E-state index is -2.02. The average molecular weight is 1250 g/mol. The van der Waals surface area contributed by atoms with E-state index in [0.717, 1.165) is 5.57 Å². The number of hydrogen-bond acceptors (Lipinski definition) is 28. The Morgan fingerprint density at radius 3 is 1.76 bits per heavy atom. The summed E-state index contributed by atoms with van der Waals surface area (Å²) in [6.45, 7) is 10.5. The van der Waals surface area contributed by atoms with Gasteiger partial charge in [0.05, 0.1) is 50.2 Å². The van der Waals surface area contributed by atoms with Crippen LogP contribution in [0.15, 0.2) is 11.6 Å². The topological polar surface area (TPSA) is 470 Å². The molecule has 0 spiro atoms. The van der Waals surface area contributed by atoms with E-state index in [2.05, 4.69) is 33.8 Å². The molecule has 34 atom stereocenters. The number of hydrogen-bond donors (Lipinski definition) is 17. The van der Waals surface area contributed by atoms with Gasteiger partial charge in [0, 0.05) is 0 Å². The number of fused-ring (bicyclic) bond motifs is 7. The summed E-state index contributed by atoms with van der Waals surface area (Å²) in [5.74, 6) is -3.99. The van der Waals surface area contributed by atoms with Crippen molar-refractivity contribution in [1.82, 2.24) is 0 Å². The second kappa shape index (κ2) is 24.5. The van der Waals surface area contributed by atoms with E-state index in [1.165, 1.54) is 13.8 Å². The maximum atomic E-state index is 15.4. The maximum Gasteiger partial charge on any atom is 0.317 e. The van der Waals surface area contributed by atoms with Crippen molar-refractivity contribution in [3.05, 3.63) is 11.6 Å². The summed E-state index contributed by atoms with van der Waals surface area (Å²) in [6, 6.07) is 0. The number of carboxylic acid groups (broad SMARTS) is 1. The van der Waals surface area contributed by atoms with Crippen molar-refractivity contribution in [2.24, 2.45) is 50.2 Å². The predicted octanol–water partition coefficient (Wildman–Crippen LogP) is -4.90. The van der Waals surface area contributed by atoms with Crippen molar-refractivity contribution in [3.63, 3.8) is 0 Å². The van der Waals surface area contributed by atoms with Crippen LogP contribution in [0.1, 0.15) is 99.8 Å². The summed E-state index contributed by atoms with van der Waals surface area (Å²) in [7, 11) is 0. The van der Waals surface area contributed by atoms with Crippen molar-refractivity contribution in [2.75, 3.05) is 26.4 Å². The van der Waals surface area contributed by atoms with Gasteiger partial charge in [0.1, 0.15) is 109 Å². The lowest BCUT2D eigenvalue weighted by atomic mass is 9.33. The Hall–Kier alpha value is -2.32. The fourth-order valence-corrected chi connectivity index (χ4v) is 17.6. The Labute approximate surface area is 502 Å². The lowest BCUT2D eigenvalue weighted by Crippen LogP contribution is -2.71. The van der Waals surface area contributed by atoms with Crippen molar-refractivity contribution in [3.8, 4) is 0 Å². The monoisotopic (exact) mass is 1250 g/mol. The summed E-state index contributed by atoms with van der Waals surface area (Å²) in [5, 5.41) is 187. The average Bonchev–Trinajstić information content (AvgIpc) is 0.673. The van der Waals surface area contributed by atoms with Crippen molar-refractivity contribution >= 4 is 11.9 Å². The Morgan fingerprint density at radius 2 is 1.11 bits per heavy atom. The molecule has 10 rings (SSSR count). The molecule has 29 nitrogen and oxygen atoms in total. The third-order valence-electron chi connectivity index (χ3n) is 22.8. The van der Waals surface area contributed by atoms with Gasteiger partial charge in [0.2, 0.25) is 6.29 Å². The first-order valence-corrected chi connectivity index (χ1v) is 30.4. The SMILES string of the molecule is C[C@@H]1O[C@@H](O[C@H]2[C@H](OC(=O)[C@]34CCC(C)(C)C[C@H]3C3=CC[C@@H]5[C@@]6(C)C[C@H](O)[C@H](O[C@@H]7O[C@H](CO)[C@@H](O)[C@H](O[C@@H]8O[C@H](CO)[C@@H](O)[C@H](O)[C@H]8O)[C@H]7O)[C@@](C)(C(=O)O)[C@@H]6CC[C@@]5(C)[C@]3(C)C[C@H]4O)OC[C@H](O)[C@@H]2O)[C@H](O)[C@H](O)[C@H]1O[C@@H]1OC[C@@H](O)[C@H](O)[C@H]1O. The maximum absolute atomic E-state index is 15.4. The molecule has 10 aliphatic rings. The second-order valence-corrected chi connectivity index (χ2v) is 28.2. The van der Waals surface area contributed by atoms with E-state index in [9.17, 15) is 91.6 Å². The molecule has 0 aromatic carbocycles. The molecule has 0 radical (unpaired) electrons. The number of aliphatic carboxylic acids is 1. The van der Waals surface area contributed by atoms with Gasteiger partial charge in [-0.15, -0.1) is 0 Å². The molecular weight excluding hydrogens is 1160 g/mol. The predicted molar refractivity (Wildman–Crippen MR) is 287 cm³/mol. The third kappa shape index (κ3) is 11.0. The summed E-state index contributed by atoms with van der Waals surface area (Å²) < 4.78 is 58.6. The van der Waals surface area contributed by atoms with Gasteiger partial charge in [-0.25, -0.2) is 0 Å². The number of carbonyl (C=O) groups is 2. The molecule has 5 aliphatic heterocycles. The van der Waals surface area contributed by atoms with Crippen LogP contribution in [-0.4, -0.2) is 285 Å². The fraction of sp³-hybridized carbons (Fsp3) is 0.931. The van der Waals surface area contributed by atoms with Gasteiger partial charge in [0.15, 0.2) is 31.3 Å². The molecule has 0 unspecified atom stereocenters. The molecule has 17 N–H and O–H groups in total. The number of carbonyl (C=O) groups excluding carboxylic acids is 1. The number of aliphatic hydroxyl groups is 16. The van der Waals surface area contributed by atoms with Gasteiger partial charge in [-0.2, -0.15) is 0 Å². The Balaban J connectivity index is 0.891. The zero-order valence-corrected chi connectivity index (χ0v) is 49.8. The zero-order chi connectivity index (χ0) is 63.7. The first-order chi connectivity index (χ1) is 40.7. The van der Waals surface area contributed by atoms with E-state index >= 15 is 4.79 Å². The van der Waals surface area contributed by atoms with Gasteiger partial charge < -0.3 is 134 Å². The number of ether oxygens (including phenoxy) is 10. The standard InChI is InChI=1S/C58H92O29/c1-21-42(83-46-38(71)32(65)25(62)19-78-46)37(70)40(73)47(80-21)85-44-33(66)26(63)20-79-50(44)87-52(77)58-13-12-53(2,3)14-23(58)22-8-9-29-54(4)15-24(61)45(57(7,51(75)76)30(54)10-11-55(29,5)56(22,6)16-31(58)64)86-49-41(74)43(35(68)28(18-60)82-49)84-48-39(72)36(69)34(67)27(17-59)81-48/h8,21,23-50,59-74H,9-20H2,1-7H3,(H,75,76)/t21-,23-,24-,25+,26-,27+,28+,29+,30+,31+,32-,33-,34+,35+,36-,37-,38+,39+,40+,41+,42-,43-,44+,45-,46-,47-,48-,49-,50-,54+,55+,56+,57-,58+/m0/s1. The second-order valence-electron chi connectivity index (χ2n) is 28.2. The summed E-state index contributed by atoms with van der Waals surface area (Å²) in [6.07, 6.45) is -39.8. The smallest absolute Gasteiger partial charge is 0.317 e. The molecule has 9 fully saturated rings. The molecule has 0 aromatic heterocycles. The van der Waals surface area contributed by atoms with Gasteiger partial charge in [-0.05, 0) is 105 Å². The molecule has 87 heavy (non-hydrogen) atoms. The number of aliphatic hydroxyl groups excluding tert-OH is 16. The summed E-state index contributed by atoms with van der Waals surface area (Å²) in [4.78, 5) is 29.5. The van der Waals surface area contributed by atoms with Crippen LogP contribution in [0.3, 0.4) is 0 Å². The van der Waals surface area contributed by atoms with Crippen LogP contribution in [-0.2, 0) is 57.0 Å². The Kier molecular flexibility index (Phi) is 19.1. The van der Waals surface area contributed by atoms with Gasteiger partial charge in [-0.1, -0.05) is 46.3 Å². The Morgan fingerprint density at radius 1 is 0.552 bits per heavy atom. The highest BCUT2D eigenvalue weighted by Crippen LogP contribution is 2.76. The van der Waals surface area contributed by atoms with E-state index in [1.54, 1.807) is 0 Å². The first-order valence-electron chi connectivity index (χ1n) is 30.4. The molecule has 4 saturated carbocycles. The first kappa shape index (κ1) is 67.6. The van der Waals surface area contributed by atoms with Crippen molar-refractivity contribution in [2.45, 2.75) is 259 Å². The highest BCUT2D eigenvalue weighted by molar-refractivity contribution is 5.80. The van der Waals surface area contributed by atoms with Gasteiger partial charge in [-0.3, -0.25) is 9.59 Å². The van der Waals surface area contributed by atoms with Crippen LogP contribution < -0.4 is 0 Å². The summed E-state index contributed by atoms with van der Waals surface area (Å²) in [5.41, 5.74) is -5.61. The molecule has 0 aromatic rings. The molecule has 0 bridgehead atoms. The highest BCUT2D eigenvalue weighted by atomic mass is 16.8. The van der Waals surface area contributed by atoms with Gasteiger partial charge in [0.25, 0.3) is 0 Å². The lowest BCUT2D eigenvalue weighted by molar-refractivity contribution is -0.373. The van der Waals surface area contributed by atoms with Crippen LogP contribution in [0.5, 0.6) is 0 Å². The molecule has 5 saturated heterocycles. The largest absolute Gasteiger partial charge is 0.481 e. The van der Waals surface area contributed by atoms with Crippen molar-refractivity contribution in [1.29, 1.82) is 0 Å². The van der Waals surface area contributed by atoms with E-state index in [1.807, 2.05) is 6.92 Å². The van der Waals surface area contributed by atoms with Crippen molar-refractivity contribution < 1.29 is 144 Å². The molecule has 0 amide bonds. The zero-order valence-electron chi connectivity index (χ0n) is 49.8. The molecular formula is C58H92O29. The van der Waals surface area contributed by atoms with Crippen LogP contribution in [0, 0.1) is 50.2 Å². The van der Waals surface area contributed by atoms with Gasteiger partial charge >= 0.3 is 11.9 Å². The van der Waals surface area contributed by atoms with Crippen LogP contribution in [0.2, 0.25) is 0 Å². The Bertz CT molecular complexity index is 2490.